The van der Waals surface area contributed by atoms with Crippen LogP contribution in [-0.4, -0.2) is 45.9 Å². The molecular weight excluding hydrogens is 475 g/mol. The summed E-state index contributed by atoms with van der Waals surface area (Å²) in [6.07, 6.45) is 0. The van der Waals surface area contributed by atoms with E-state index in [2.05, 4.69) is 65.0 Å². The highest BCUT2D eigenvalue weighted by atomic mass is 35.5. The minimum Gasteiger partial charge on any atom is -0.342 e. The standard InChI is InChI=1S/C29H30Cl2N4/c1-20-11-13-22(14-12-20)29-32-21(2)27(33-29)19-34-15-17-35(18-16-34)28(23-7-3-5-9-25(23)30)24-8-4-6-10-26(24)31/h3-14,28H,15-19H2,1-2H3,(H,32,33). The van der Waals surface area contributed by atoms with Crippen molar-refractivity contribution in [2.24, 2.45) is 0 Å². The summed E-state index contributed by atoms with van der Waals surface area (Å²) in [6, 6.07) is 24.7. The minimum atomic E-state index is 0.0276. The summed E-state index contributed by atoms with van der Waals surface area (Å²) in [4.78, 5) is 13.4. The molecule has 0 saturated carbocycles. The number of nitrogens with one attached hydrogen (secondary N) is 1. The molecule has 5 rings (SSSR count). The van der Waals surface area contributed by atoms with Gasteiger partial charge in [-0.15, -0.1) is 0 Å². The van der Waals surface area contributed by atoms with Crippen LogP contribution in [-0.2, 0) is 6.54 Å². The van der Waals surface area contributed by atoms with E-state index >= 15 is 0 Å². The highest BCUT2D eigenvalue weighted by Gasteiger charge is 2.29. The predicted molar refractivity (Wildman–Crippen MR) is 145 cm³/mol. The average Bonchev–Trinajstić information content (AvgIpc) is 3.23. The van der Waals surface area contributed by atoms with Crippen LogP contribution in [0, 0.1) is 13.8 Å². The van der Waals surface area contributed by atoms with Crippen molar-refractivity contribution in [3.8, 4) is 11.4 Å². The van der Waals surface area contributed by atoms with E-state index in [1.807, 2.05) is 36.4 Å². The third-order valence-corrected chi connectivity index (χ3v) is 7.54. The second kappa shape index (κ2) is 10.5. The van der Waals surface area contributed by atoms with Crippen molar-refractivity contribution in [3.63, 3.8) is 0 Å². The first-order valence-corrected chi connectivity index (χ1v) is 12.8. The van der Waals surface area contributed by atoms with Crippen LogP contribution in [0.4, 0.5) is 0 Å². The number of nitrogens with zero attached hydrogens (tertiary/aromatic N) is 3. The lowest BCUT2D eigenvalue weighted by molar-refractivity contribution is 0.104. The molecule has 6 heteroatoms. The van der Waals surface area contributed by atoms with Crippen LogP contribution in [0.1, 0.15) is 34.1 Å². The summed E-state index contributed by atoms with van der Waals surface area (Å²) >= 11 is 13.3. The zero-order valence-corrected chi connectivity index (χ0v) is 21.7. The van der Waals surface area contributed by atoms with Gasteiger partial charge in [0.1, 0.15) is 5.82 Å². The van der Waals surface area contributed by atoms with Crippen molar-refractivity contribution in [1.82, 2.24) is 19.8 Å². The van der Waals surface area contributed by atoms with Crippen molar-refractivity contribution in [2.75, 3.05) is 26.2 Å². The van der Waals surface area contributed by atoms with E-state index in [1.54, 1.807) is 0 Å². The van der Waals surface area contributed by atoms with E-state index in [0.29, 0.717) is 0 Å². The van der Waals surface area contributed by atoms with Crippen molar-refractivity contribution in [3.05, 3.63) is 111 Å². The van der Waals surface area contributed by atoms with Crippen molar-refractivity contribution < 1.29 is 0 Å². The SMILES string of the molecule is Cc1ccc(-c2nc(CN3CCN(C(c4ccccc4Cl)c4ccccc4Cl)CC3)c(C)[nH]2)cc1. The number of benzene rings is 3. The summed E-state index contributed by atoms with van der Waals surface area (Å²) < 4.78 is 0. The molecule has 0 bridgehead atoms. The smallest absolute Gasteiger partial charge is 0.137 e. The number of hydrogen-bond donors (Lipinski definition) is 1. The topological polar surface area (TPSA) is 35.2 Å². The fraction of sp³-hybridized carbons (Fsp3) is 0.276. The van der Waals surface area contributed by atoms with Crippen LogP contribution in [0.2, 0.25) is 10.0 Å². The fourth-order valence-corrected chi connectivity index (χ4v) is 5.32. The molecule has 0 amide bonds. The summed E-state index contributed by atoms with van der Waals surface area (Å²) in [5.74, 6) is 0.939. The van der Waals surface area contributed by atoms with E-state index in [0.717, 1.165) is 76.7 Å². The first kappa shape index (κ1) is 24.1. The molecule has 1 aromatic heterocycles. The molecule has 1 aliphatic rings. The Morgan fingerprint density at radius 2 is 1.37 bits per heavy atom. The lowest BCUT2D eigenvalue weighted by atomic mass is 9.96. The second-order valence-electron chi connectivity index (χ2n) is 9.28. The van der Waals surface area contributed by atoms with Gasteiger partial charge in [-0.3, -0.25) is 9.80 Å². The van der Waals surface area contributed by atoms with Crippen LogP contribution in [0.5, 0.6) is 0 Å². The largest absolute Gasteiger partial charge is 0.342 e. The van der Waals surface area contributed by atoms with Gasteiger partial charge < -0.3 is 4.98 Å². The highest BCUT2D eigenvalue weighted by molar-refractivity contribution is 6.32. The number of aryl methyl sites for hydroxylation is 2. The van der Waals surface area contributed by atoms with E-state index in [-0.39, 0.29) is 6.04 Å². The molecule has 180 valence electrons. The van der Waals surface area contributed by atoms with E-state index in [9.17, 15) is 0 Å². The first-order chi connectivity index (χ1) is 17.0. The van der Waals surface area contributed by atoms with E-state index in [1.165, 1.54) is 5.56 Å². The second-order valence-corrected chi connectivity index (χ2v) is 10.1. The van der Waals surface area contributed by atoms with Gasteiger partial charge >= 0.3 is 0 Å². The maximum absolute atomic E-state index is 6.66. The Hall–Kier alpha value is -2.63. The molecule has 1 fully saturated rings. The van der Waals surface area contributed by atoms with E-state index < -0.39 is 0 Å². The Morgan fingerprint density at radius 3 is 1.94 bits per heavy atom. The first-order valence-electron chi connectivity index (χ1n) is 12.1. The number of aromatic amines is 1. The van der Waals surface area contributed by atoms with Gasteiger partial charge in [0.25, 0.3) is 0 Å². The van der Waals surface area contributed by atoms with Gasteiger partial charge in [-0.25, -0.2) is 4.98 Å². The van der Waals surface area contributed by atoms with Crippen LogP contribution in [0.3, 0.4) is 0 Å². The molecule has 4 aromatic rings. The molecule has 4 nitrogen and oxygen atoms in total. The number of halogens is 2. The van der Waals surface area contributed by atoms with Crippen LogP contribution < -0.4 is 0 Å². The van der Waals surface area contributed by atoms with Gasteiger partial charge in [0, 0.05) is 54.0 Å². The highest BCUT2D eigenvalue weighted by Crippen LogP contribution is 2.37. The predicted octanol–water partition coefficient (Wildman–Crippen LogP) is 6.91. The monoisotopic (exact) mass is 504 g/mol. The molecule has 1 N–H and O–H groups in total. The summed E-state index contributed by atoms with van der Waals surface area (Å²) in [5.41, 5.74) is 6.82. The fourth-order valence-electron chi connectivity index (χ4n) is 4.84. The Kier molecular flexibility index (Phi) is 7.26. The molecule has 0 spiro atoms. The summed E-state index contributed by atoms with van der Waals surface area (Å²) in [5, 5.41) is 1.55. The molecule has 0 aliphatic carbocycles. The van der Waals surface area contributed by atoms with Gasteiger partial charge in [-0.1, -0.05) is 89.4 Å². The average molecular weight is 505 g/mol. The Labute approximate surface area is 217 Å². The van der Waals surface area contributed by atoms with Gasteiger partial charge in [-0.05, 0) is 37.1 Å². The van der Waals surface area contributed by atoms with E-state index in [4.69, 9.17) is 28.2 Å². The number of imidazole rings is 1. The molecule has 0 radical (unpaired) electrons. The van der Waals surface area contributed by atoms with Gasteiger partial charge in [-0.2, -0.15) is 0 Å². The zero-order chi connectivity index (χ0) is 24.4. The zero-order valence-electron chi connectivity index (χ0n) is 20.1. The van der Waals surface area contributed by atoms with Crippen LogP contribution in [0.25, 0.3) is 11.4 Å². The van der Waals surface area contributed by atoms with Crippen LogP contribution >= 0.6 is 23.2 Å². The molecule has 35 heavy (non-hydrogen) atoms. The Bertz CT molecular complexity index is 1240. The lowest BCUT2D eigenvalue weighted by Crippen LogP contribution is -2.47. The number of piperazine rings is 1. The number of H-pyrrole nitrogens is 1. The van der Waals surface area contributed by atoms with Crippen molar-refractivity contribution >= 4 is 23.2 Å². The molecule has 2 heterocycles. The molecule has 1 saturated heterocycles. The quantitative estimate of drug-likeness (QED) is 0.309. The van der Waals surface area contributed by atoms with Crippen molar-refractivity contribution in [2.45, 2.75) is 26.4 Å². The van der Waals surface area contributed by atoms with Gasteiger partial charge in [0.2, 0.25) is 0 Å². The number of hydrogen-bond acceptors (Lipinski definition) is 3. The third kappa shape index (κ3) is 5.31. The van der Waals surface area contributed by atoms with Crippen LogP contribution in [0.15, 0.2) is 72.8 Å². The number of rotatable bonds is 6. The normalized spacial score (nSPS) is 15.1. The maximum Gasteiger partial charge on any atom is 0.137 e. The van der Waals surface area contributed by atoms with Gasteiger partial charge in [0.05, 0.1) is 11.7 Å². The lowest BCUT2D eigenvalue weighted by Gasteiger charge is -2.40. The summed E-state index contributed by atoms with van der Waals surface area (Å²) in [6.45, 7) is 8.82. The minimum absolute atomic E-state index is 0.0276. The molecular formula is C29H30Cl2N4. The van der Waals surface area contributed by atoms with Gasteiger partial charge in [0.15, 0.2) is 0 Å². The number of aromatic nitrogens is 2. The van der Waals surface area contributed by atoms with Crippen molar-refractivity contribution in [1.29, 1.82) is 0 Å². The third-order valence-electron chi connectivity index (χ3n) is 6.86. The Balaban J connectivity index is 1.31. The Morgan fingerprint density at radius 1 is 0.800 bits per heavy atom. The molecule has 0 unspecified atom stereocenters. The molecule has 1 aliphatic heterocycles. The maximum atomic E-state index is 6.66. The molecule has 0 atom stereocenters. The summed E-state index contributed by atoms with van der Waals surface area (Å²) in [7, 11) is 0. The molecule has 3 aromatic carbocycles.